The number of carbonyl (C=O) groups excluding carboxylic acids is 1. The molecule has 2 rings (SSSR count). The van der Waals surface area contributed by atoms with Gasteiger partial charge in [-0.2, -0.15) is 4.99 Å². The zero-order valence-electron chi connectivity index (χ0n) is 12.1. The normalized spacial score (nSPS) is 31.5. The number of nitrogens with zero attached hydrogens (tertiary/aromatic N) is 2. The number of hydrogen-bond donors (Lipinski definition) is 1. The Morgan fingerprint density at radius 2 is 2.05 bits per heavy atom. The van der Waals surface area contributed by atoms with E-state index in [1.165, 1.54) is 0 Å². The van der Waals surface area contributed by atoms with Gasteiger partial charge in [-0.15, -0.1) is 6.42 Å². The SMILES string of the molecule is C#CCN1C(=O)N=C(N)C12CCC(C(C)(C)C)CC2. The lowest BCUT2D eigenvalue weighted by atomic mass is 9.66. The fourth-order valence-electron chi connectivity index (χ4n) is 3.39. The maximum Gasteiger partial charge on any atom is 0.346 e. The molecule has 1 aliphatic carbocycles. The Morgan fingerprint density at radius 3 is 2.53 bits per heavy atom. The van der Waals surface area contributed by atoms with Crippen molar-refractivity contribution in [3.05, 3.63) is 0 Å². The lowest BCUT2D eigenvalue weighted by Gasteiger charge is -2.45. The Bertz CT molecular complexity index is 445. The van der Waals surface area contributed by atoms with Gasteiger partial charge in [-0.3, -0.25) is 4.90 Å². The number of nitrogens with two attached hydrogens (primary N) is 1. The average Bonchev–Trinajstić information content (AvgIpc) is 2.54. The molecule has 0 aromatic carbocycles. The first-order valence-electron chi connectivity index (χ1n) is 6.91. The van der Waals surface area contributed by atoms with Crippen molar-refractivity contribution < 1.29 is 4.79 Å². The van der Waals surface area contributed by atoms with Crippen LogP contribution in [0.5, 0.6) is 0 Å². The fourth-order valence-corrected chi connectivity index (χ4v) is 3.39. The third kappa shape index (κ3) is 2.22. The average molecular weight is 261 g/mol. The maximum absolute atomic E-state index is 11.9. The molecule has 0 bridgehead atoms. The predicted molar refractivity (Wildman–Crippen MR) is 76.7 cm³/mol. The lowest BCUT2D eigenvalue weighted by molar-refractivity contribution is 0.0958. The molecule has 0 atom stereocenters. The Morgan fingerprint density at radius 1 is 1.47 bits per heavy atom. The van der Waals surface area contributed by atoms with Crippen molar-refractivity contribution in [3.8, 4) is 12.3 Å². The third-order valence-electron chi connectivity index (χ3n) is 4.73. The standard InChI is InChI=1S/C15H23N3O/c1-5-10-18-13(19)17-12(16)15(18)8-6-11(7-9-15)14(2,3)4/h1,11H,6-10H2,2-4H3,(H2,16,17,19). The van der Waals surface area contributed by atoms with Gasteiger partial charge in [-0.05, 0) is 37.0 Å². The zero-order valence-corrected chi connectivity index (χ0v) is 12.1. The van der Waals surface area contributed by atoms with Crippen LogP contribution in [0.25, 0.3) is 0 Å². The van der Waals surface area contributed by atoms with E-state index in [4.69, 9.17) is 12.2 Å². The summed E-state index contributed by atoms with van der Waals surface area (Å²) < 4.78 is 0. The number of urea groups is 1. The van der Waals surface area contributed by atoms with Crippen LogP contribution in [0.2, 0.25) is 0 Å². The smallest absolute Gasteiger partial charge is 0.346 e. The summed E-state index contributed by atoms with van der Waals surface area (Å²) in [6.45, 7) is 7.10. The van der Waals surface area contributed by atoms with Gasteiger partial charge < -0.3 is 5.73 Å². The molecular formula is C15H23N3O. The molecule has 2 amide bonds. The maximum atomic E-state index is 11.9. The molecule has 0 aromatic rings. The van der Waals surface area contributed by atoms with E-state index in [1.54, 1.807) is 4.90 Å². The van der Waals surface area contributed by atoms with Crippen LogP contribution >= 0.6 is 0 Å². The summed E-state index contributed by atoms with van der Waals surface area (Å²) in [5, 5.41) is 0. The summed E-state index contributed by atoms with van der Waals surface area (Å²) >= 11 is 0. The molecule has 1 heterocycles. The van der Waals surface area contributed by atoms with E-state index >= 15 is 0 Å². The van der Waals surface area contributed by atoms with Gasteiger partial charge in [0.05, 0.1) is 6.54 Å². The van der Waals surface area contributed by atoms with Crippen molar-refractivity contribution in [3.63, 3.8) is 0 Å². The lowest BCUT2D eigenvalue weighted by Crippen LogP contribution is -2.56. The van der Waals surface area contributed by atoms with Gasteiger partial charge in [-0.1, -0.05) is 26.7 Å². The Balaban J connectivity index is 2.19. The quantitative estimate of drug-likeness (QED) is 0.737. The van der Waals surface area contributed by atoms with Crippen molar-refractivity contribution in [1.82, 2.24) is 4.90 Å². The van der Waals surface area contributed by atoms with Crippen molar-refractivity contribution >= 4 is 11.9 Å². The molecule has 0 radical (unpaired) electrons. The van der Waals surface area contributed by atoms with Crippen LogP contribution in [-0.2, 0) is 0 Å². The van der Waals surface area contributed by atoms with E-state index in [0.29, 0.717) is 23.7 Å². The molecule has 0 aromatic heterocycles. The monoisotopic (exact) mass is 261 g/mol. The van der Waals surface area contributed by atoms with Gasteiger partial charge in [0.15, 0.2) is 0 Å². The van der Waals surface area contributed by atoms with Crippen molar-refractivity contribution in [2.24, 2.45) is 22.1 Å². The number of aliphatic imine (C=N–C) groups is 1. The number of amides is 2. The van der Waals surface area contributed by atoms with Crippen LogP contribution in [-0.4, -0.2) is 28.9 Å². The number of hydrogen-bond acceptors (Lipinski definition) is 2. The molecule has 104 valence electrons. The molecular weight excluding hydrogens is 238 g/mol. The first-order valence-corrected chi connectivity index (χ1v) is 6.91. The van der Waals surface area contributed by atoms with Crippen LogP contribution < -0.4 is 5.73 Å². The summed E-state index contributed by atoms with van der Waals surface area (Å²) in [4.78, 5) is 17.5. The molecule has 1 aliphatic heterocycles. The minimum atomic E-state index is -0.412. The summed E-state index contributed by atoms with van der Waals surface area (Å²) in [5.41, 5.74) is 5.92. The van der Waals surface area contributed by atoms with Crippen molar-refractivity contribution in [2.45, 2.75) is 52.0 Å². The van der Waals surface area contributed by atoms with Gasteiger partial charge in [0.2, 0.25) is 0 Å². The highest BCUT2D eigenvalue weighted by atomic mass is 16.2. The van der Waals surface area contributed by atoms with Crippen LogP contribution in [0, 0.1) is 23.7 Å². The van der Waals surface area contributed by atoms with Crippen LogP contribution in [0.1, 0.15) is 46.5 Å². The zero-order chi connectivity index (χ0) is 14.3. The van der Waals surface area contributed by atoms with E-state index < -0.39 is 5.54 Å². The molecule has 4 nitrogen and oxygen atoms in total. The van der Waals surface area contributed by atoms with Crippen LogP contribution in [0.15, 0.2) is 4.99 Å². The molecule has 4 heteroatoms. The van der Waals surface area contributed by atoms with Crippen LogP contribution in [0.4, 0.5) is 4.79 Å². The van der Waals surface area contributed by atoms with Crippen molar-refractivity contribution in [2.75, 3.05) is 6.54 Å². The van der Waals surface area contributed by atoms with E-state index in [1.807, 2.05) is 0 Å². The highest BCUT2D eigenvalue weighted by Crippen LogP contribution is 2.45. The molecule has 19 heavy (non-hydrogen) atoms. The highest BCUT2D eigenvalue weighted by Gasteiger charge is 2.50. The second kappa shape index (κ2) is 4.56. The Hall–Kier alpha value is -1.50. The molecule has 1 fully saturated rings. The number of amidine groups is 1. The van der Waals surface area contributed by atoms with Gasteiger partial charge in [-0.25, -0.2) is 4.79 Å². The second-order valence-corrected chi connectivity index (χ2v) is 6.74. The fraction of sp³-hybridized carbons (Fsp3) is 0.733. The highest BCUT2D eigenvalue weighted by molar-refractivity contribution is 6.06. The largest absolute Gasteiger partial charge is 0.385 e. The van der Waals surface area contributed by atoms with Crippen LogP contribution in [0.3, 0.4) is 0 Å². The topological polar surface area (TPSA) is 58.7 Å². The summed E-state index contributed by atoms with van der Waals surface area (Å²) in [6.07, 6.45) is 9.24. The number of carbonyl (C=O) groups is 1. The van der Waals surface area contributed by atoms with Gasteiger partial charge in [0, 0.05) is 0 Å². The first kappa shape index (κ1) is 13.9. The molecule has 1 saturated carbocycles. The van der Waals surface area contributed by atoms with Gasteiger partial charge in [0.1, 0.15) is 11.4 Å². The van der Waals surface area contributed by atoms with E-state index in [9.17, 15) is 4.79 Å². The minimum Gasteiger partial charge on any atom is -0.385 e. The number of terminal acetylenes is 1. The molecule has 1 spiro atoms. The predicted octanol–water partition coefficient (Wildman–Crippen LogP) is 2.39. The van der Waals surface area contributed by atoms with Gasteiger partial charge in [0.25, 0.3) is 0 Å². The third-order valence-corrected chi connectivity index (χ3v) is 4.73. The minimum absolute atomic E-state index is 0.273. The molecule has 0 saturated heterocycles. The first-order chi connectivity index (χ1) is 8.81. The van der Waals surface area contributed by atoms with Crippen molar-refractivity contribution in [1.29, 1.82) is 0 Å². The molecule has 0 unspecified atom stereocenters. The van der Waals surface area contributed by atoms with E-state index in [-0.39, 0.29) is 6.03 Å². The van der Waals surface area contributed by atoms with E-state index in [0.717, 1.165) is 25.7 Å². The number of rotatable bonds is 1. The van der Waals surface area contributed by atoms with Gasteiger partial charge >= 0.3 is 6.03 Å². The molecule has 2 N–H and O–H groups in total. The van der Waals surface area contributed by atoms with E-state index in [2.05, 4.69) is 31.7 Å². The molecule has 2 aliphatic rings. The summed E-state index contributed by atoms with van der Waals surface area (Å²) in [5.74, 6) is 3.67. The Kier molecular flexibility index (Phi) is 3.34. The summed E-state index contributed by atoms with van der Waals surface area (Å²) in [7, 11) is 0. The second-order valence-electron chi connectivity index (χ2n) is 6.74. The summed E-state index contributed by atoms with van der Waals surface area (Å²) in [6, 6.07) is -0.273. The Labute approximate surface area is 115 Å².